The molecular formula is C14H18ClF3N2O2. The van der Waals surface area contributed by atoms with Crippen LogP contribution in [0.4, 0.5) is 13.2 Å². The van der Waals surface area contributed by atoms with E-state index in [4.69, 9.17) is 10.5 Å². The first-order valence-electron chi connectivity index (χ1n) is 6.66. The van der Waals surface area contributed by atoms with Gasteiger partial charge in [0.1, 0.15) is 0 Å². The summed E-state index contributed by atoms with van der Waals surface area (Å²) in [5.41, 5.74) is 5.43. The lowest BCUT2D eigenvalue weighted by atomic mass is 9.98. The lowest BCUT2D eigenvalue weighted by molar-refractivity contribution is 0.0138. The van der Waals surface area contributed by atoms with Crippen LogP contribution in [0.2, 0.25) is 0 Å². The second-order valence-electron chi connectivity index (χ2n) is 5.02. The SMILES string of the molecule is COC1CCN(C(=O)c2cc(F)c(F)c(F)c2)C(CN)C1.Cl. The molecule has 0 saturated carbocycles. The Morgan fingerprint density at radius 1 is 1.36 bits per heavy atom. The number of amides is 1. The van der Waals surface area contributed by atoms with Crippen molar-refractivity contribution in [1.29, 1.82) is 0 Å². The first-order valence-corrected chi connectivity index (χ1v) is 6.66. The number of carbonyl (C=O) groups excluding carboxylic acids is 1. The molecule has 2 unspecified atom stereocenters. The Morgan fingerprint density at radius 3 is 2.45 bits per heavy atom. The zero-order valence-corrected chi connectivity index (χ0v) is 12.8. The van der Waals surface area contributed by atoms with E-state index < -0.39 is 23.4 Å². The van der Waals surface area contributed by atoms with Crippen molar-refractivity contribution in [2.24, 2.45) is 5.73 Å². The van der Waals surface area contributed by atoms with E-state index in [1.54, 1.807) is 7.11 Å². The zero-order chi connectivity index (χ0) is 15.6. The fraction of sp³-hybridized carbons (Fsp3) is 0.500. The minimum atomic E-state index is -1.58. The van der Waals surface area contributed by atoms with E-state index in [2.05, 4.69) is 0 Å². The van der Waals surface area contributed by atoms with Crippen molar-refractivity contribution in [3.05, 3.63) is 35.1 Å². The van der Waals surface area contributed by atoms with Gasteiger partial charge in [-0.25, -0.2) is 13.2 Å². The maximum Gasteiger partial charge on any atom is 0.254 e. The largest absolute Gasteiger partial charge is 0.381 e. The van der Waals surface area contributed by atoms with E-state index in [1.165, 1.54) is 4.90 Å². The highest BCUT2D eigenvalue weighted by Gasteiger charge is 2.32. The summed E-state index contributed by atoms with van der Waals surface area (Å²) in [4.78, 5) is 13.8. The molecule has 1 aromatic rings. The number of rotatable bonds is 3. The average Bonchev–Trinajstić information content (AvgIpc) is 2.50. The summed E-state index contributed by atoms with van der Waals surface area (Å²) < 4.78 is 44.7. The lowest BCUT2D eigenvalue weighted by Gasteiger charge is -2.38. The van der Waals surface area contributed by atoms with Gasteiger partial charge in [-0.15, -0.1) is 12.4 Å². The van der Waals surface area contributed by atoms with E-state index in [0.717, 1.165) is 0 Å². The molecule has 1 amide bonds. The second kappa shape index (κ2) is 7.80. The summed E-state index contributed by atoms with van der Waals surface area (Å²) in [6.45, 7) is 0.595. The number of nitrogens with two attached hydrogens (primary N) is 1. The molecule has 0 aromatic heterocycles. The Hall–Kier alpha value is -1.31. The van der Waals surface area contributed by atoms with Gasteiger partial charge >= 0.3 is 0 Å². The highest BCUT2D eigenvalue weighted by atomic mass is 35.5. The van der Waals surface area contributed by atoms with Crippen LogP contribution in [-0.2, 0) is 4.74 Å². The Balaban J connectivity index is 0.00000242. The second-order valence-corrected chi connectivity index (χ2v) is 5.02. The number of benzene rings is 1. The number of hydrogen-bond donors (Lipinski definition) is 1. The molecule has 4 nitrogen and oxygen atoms in total. The molecule has 2 rings (SSSR count). The normalized spacial score (nSPS) is 21.4. The predicted molar refractivity (Wildman–Crippen MR) is 77.5 cm³/mol. The molecule has 1 aliphatic heterocycles. The van der Waals surface area contributed by atoms with E-state index in [-0.39, 0.29) is 36.7 Å². The molecule has 0 spiro atoms. The van der Waals surface area contributed by atoms with Gasteiger partial charge in [-0.05, 0) is 25.0 Å². The molecule has 22 heavy (non-hydrogen) atoms. The fourth-order valence-electron chi connectivity index (χ4n) is 2.56. The standard InChI is InChI=1S/C14H17F3N2O2.ClH/c1-21-10-2-3-19(9(6-10)7-18)14(20)8-4-11(15)13(17)12(16)5-8;/h4-5,9-10H,2-3,6-7,18H2,1H3;1H. The molecule has 1 saturated heterocycles. The first kappa shape index (κ1) is 18.7. The topological polar surface area (TPSA) is 55.6 Å². The smallest absolute Gasteiger partial charge is 0.254 e. The number of hydrogen-bond acceptors (Lipinski definition) is 3. The first-order chi connectivity index (χ1) is 9.97. The summed E-state index contributed by atoms with van der Waals surface area (Å²) in [6, 6.07) is 1.14. The van der Waals surface area contributed by atoms with Crippen molar-refractivity contribution >= 4 is 18.3 Å². The maximum atomic E-state index is 13.2. The van der Waals surface area contributed by atoms with Crippen LogP contribution in [0.5, 0.6) is 0 Å². The maximum absolute atomic E-state index is 13.2. The minimum Gasteiger partial charge on any atom is -0.381 e. The van der Waals surface area contributed by atoms with Gasteiger partial charge in [0.05, 0.1) is 6.10 Å². The van der Waals surface area contributed by atoms with Gasteiger partial charge in [0.2, 0.25) is 0 Å². The van der Waals surface area contributed by atoms with E-state index >= 15 is 0 Å². The number of halogens is 4. The van der Waals surface area contributed by atoms with Crippen LogP contribution in [0.3, 0.4) is 0 Å². The third-order valence-electron chi connectivity index (χ3n) is 3.76. The van der Waals surface area contributed by atoms with Crippen LogP contribution < -0.4 is 5.73 Å². The average molecular weight is 339 g/mol. The predicted octanol–water partition coefficient (Wildman–Crippen LogP) is 2.10. The molecule has 1 aliphatic rings. The molecule has 0 aliphatic carbocycles. The van der Waals surface area contributed by atoms with Gasteiger partial charge in [0.25, 0.3) is 5.91 Å². The molecular weight excluding hydrogens is 321 g/mol. The van der Waals surface area contributed by atoms with Crippen molar-refractivity contribution < 1.29 is 22.7 Å². The highest BCUT2D eigenvalue weighted by Crippen LogP contribution is 2.22. The van der Waals surface area contributed by atoms with E-state index in [0.29, 0.717) is 31.5 Å². The van der Waals surface area contributed by atoms with Crippen molar-refractivity contribution in [3.63, 3.8) is 0 Å². The Bertz CT molecular complexity index is 522. The number of carbonyl (C=O) groups is 1. The Morgan fingerprint density at radius 2 is 1.95 bits per heavy atom. The molecule has 1 fully saturated rings. The molecule has 1 aromatic carbocycles. The Kier molecular flexibility index (Phi) is 6.65. The molecule has 1 heterocycles. The number of ether oxygens (including phenoxy) is 1. The van der Waals surface area contributed by atoms with Crippen LogP contribution in [0.15, 0.2) is 12.1 Å². The van der Waals surface area contributed by atoms with Crippen LogP contribution in [-0.4, -0.2) is 43.2 Å². The summed E-state index contributed by atoms with van der Waals surface area (Å²) in [6.07, 6.45) is 1.18. The number of nitrogens with zero attached hydrogens (tertiary/aromatic N) is 1. The van der Waals surface area contributed by atoms with Crippen LogP contribution >= 0.6 is 12.4 Å². The summed E-state index contributed by atoms with van der Waals surface area (Å²) in [5, 5.41) is 0. The highest BCUT2D eigenvalue weighted by molar-refractivity contribution is 5.94. The number of methoxy groups -OCH3 is 1. The third kappa shape index (κ3) is 3.71. The van der Waals surface area contributed by atoms with Crippen molar-refractivity contribution in [2.45, 2.75) is 25.0 Å². The van der Waals surface area contributed by atoms with E-state index in [9.17, 15) is 18.0 Å². The number of likely N-dealkylation sites (tertiary alicyclic amines) is 1. The summed E-state index contributed by atoms with van der Waals surface area (Å²) >= 11 is 0. The minimum absolute atomic E-state index is 0. The van der Waals surface area contributed by atoms with Gasteiger partial charge in [-0.2, -0.15) is 0 Å². The number of piperidine rings is 1. The van der Waals surface area contributed by atoms with Gasteiger partial charge in [0.15, 0.2) is 17.5 Å². The Labute approximate surface area is 132 Å². The summed E-state index contributed by atoms with van der Waals surface area (Å²) in [5.74, 6) is -4.90. The molecule has 0 radical (unpaired) electrons. The van der Waals surface area contributed by atoms with E-state index in [1.807, 2.05) is 0 Å². The van der Waals surface area contributed by atoms with Crippen molar-refractivity contribution in [1.82, 2.24) is 4.90 Å². The molecule has 124 valence electrons. The summed E-state index contributed by atoms with van der Waals surface area (Å²) in [7, 11) is 1.58. The van der Waals surface area contributed by atoms with Gasteiger partial charge in [-0.3, -0.25) is 4.79 Å². The van der Waals surface area contributed by atoms with Gasteiger partial charge in [-0.1, -0.05) is 0 Å². The van der Waals surface area contributed by atoms with Crippen LogP contribution in [0.1, 0.15) is 23.2 Å². The molecule has 8 heteroatoms. The third-order valence-corrected chi connectivity index (χ3v) is 3.76. The van der Waals surface area contributed by atoms with Gasteiger partial charge < -0.3 is 15.4 Å². The van der Waals surface area contributed by atoms with Crippen LogP contribution in [0, 0.1) is 17.5 Å². The monoisotopic (exact) mass is 338 g/mol. The van der Waals surface area contributed by atoms with Gasteiger partial charge in [0, 0.05) is 31.8 Å². The quantitative estimate of drug-likeness (QED) is 0.859. The fourth-order valence-corrected chi connectivity index (χ4v) is 2.56. The zero-order valence-electron chi connectivity index (χ0n) is 12.0. The molecule has 2 N–H and O–H groups in total. The van der Waals surface area contributed by atoms with Crippen LogP contribution in [0.25, 0.3) is 0 Å². The molecule has 0 bridgehead atoms. The lowest BCUT2D eigenvalue weighted by Crippen LogP contribution is -2.51. The molecule has 2 atom stereocenters. The van der Waals surface area contributed by atoms with Crippen molar-refractivity contribution in [3.8, 4) is 0 Å². The van der Waals surface area contributed by atoms with Crippen molar-refractivity contribution in [2.75, 3.05) is 20.2 Å².